The van der Waals surface area contributed by atoms with Gasteiger partial charge in [-0.25, -0.2) is 4.98 Å². The molecule has 1 aliphatic rings. The lowest BCUT2D eigenvalue weighted by Crippen LogP contribution is -2.24. The summed E-state index contributed by atoms with van der Waals surface area (Å²) in [6, 6.07) is 0. The van der Waals surface area contributed by atoms with Gasteiger partial charge in [0.1, 0.15) is 5.82 Å². The smallest absolute Gasteiger partial charge is 0.254 e. The highest BCUT2D eigenvalue weighted by Gasteiger charge is 2.18. The van der Waals surface area contributed by atoms with Crippen molar-refractivity contribution >= 4 is 0 Å². The molecule has 1 aromatic rings. The van der Waals surface area contributed by atoms with E-state index in [1.165, 1.54) is 6.42 Å². The minimum Gasteiger partial charge on any atom is -0.310 e. The molecule has 0 unspecified atom stereocenters. The predicted octanol–water partition coefficient (Wildman–Crippen LogP) is 2.55. The standard InChI is InChI=1S/C13H20N2O/c1-3-9(4-2)12-14-11-8-6-5-7-10(11)13(16)15-12/h9H,3-8H2,1-2H3,(H,14,15,16). The van der Waals surface area contributed by atoms with Gasteiger partial charge in [0.2, 0.25) is 0 Å². The summed E-state index contributed by atoms with van der Waals surface area (Å²) in [7, 11) is 0. The molecular weight excluding hydrogens is 200 g/mol. The fourth-order valence-electron chi connectivity index (χ4n) is 2.49. The molecule has 1 heterocycles. The maximum atomic E-state index is 11.9. The summed E-state index contributed by atoms with van der Waals surface area (Å²) >= 11 is 0. The molecule has 0 atom stereocenters. The van der Waals surface area contributed by atoms with Gasteiger partial charge in [0.05, 0.1) is 5.69 Å². The van der Waals surface area contributed by atoms with Crippen molar-refractivity contribution in [3.05, 3.63) is 27.4 Å². The average molecular weight is 220 g/mol. The van der Waals surface area contributed by atoms with Gasteiger partial charge in [-0.05, 0) is 38.5 Å². The van der Waals surface area contributed by atoms with Gasteiger partial charge in [-0.1, -0.05) is 13.8 Å². The summed E-state index contributed by atoms with van der Waals surface area (Å²) in [6.45, 7) is 4.29. The molecule has 88 valence electrons. The Labute approximate surface area is 96.3 Å². The van der Waals surface area contributed by atoms with E-state index in [2.05, 4.69) is 23.8 Å². The largest absolute Gasteiger partial charge is 0.310 e. The van der Waals surface area contributed by atoms with Crippen molar-refractivity contribution < 1.29 is 0 Å². The highest BCUT2D eigenvalue weighted by molar-refractivity contribution is 5.21. The van der Waals surface area contributed by atoms with Crippen LogP contribution in [0.4, 0.5) is 0 Å². The van der Waals surface area contributed by atoms with Crippen molar-refractivity contribution in [3.8, 4) is 0 Å². The Morgan fingerprint density at radius 1 is 1.25 bits per heavy atom. The summed E-state index contributed by atoms with van der Waals surface area (Å²) in [5.41, 5.74) is 2.09. The zero-order valence-corrected chi connectivity index (χ0v) is 10.2. The molecule has 0 saturated heterocycles. The van der Waals surface area contributed by atoms with Crippen LogP contribution in [0.3, 0.4) is 0 Å². The number of hydrogen-bond donors (Lipinski definition) is 1. The lowest BCUT2D eigenvalue weighted by Gasteiger charge is -2.17. The third kappa shape index (κ3) is 2.04. The van der Waals surface area contributed by atoms with Crippen molar-refractivity contribution in [2.75, 3.05) is 0 Å². The summed E-state index contributed by atoms with van der Waals surface area (Å²) in [6.07, 6.45) is 6.26. The van der Waals surface area contributed by atoms with Crippen LogP contribution in [-0.4, -0.2) is 9.97 Å². The zero-order chi connectivity index (χ0) is 11.5. The SMILES string of the molecule is CCC(CC)c1nc2c(c(=O)[nH]1)CCCC2. The molecule has 0 radical (unpaired) electrons. The van der Waals surface area contributed by atoms with Crippen LogP contribution in [0.15, 0.2) is 4.79 Å². The molecule has 0 amide bonds. The van der Waals surface area contributed by atoms with Crippen molar-refractivity contribution in [2.24, 2.45) is 0 Å². The quantitative estimate of drug-likeness (QED) is 0.851. The number of rotatable bonds is 3. The second kappa shape index (κ2) is 4.81. The maximum Gasteiger partial charge on any atom is 0.254 e. The van der Waals surface area contributed by atoms with Gasteiger partial charge < -0.3 is 4.98 Å². The first-order valence-electron chi connectivity index (χ1n) is 6.38. The van der Waals surface area contributed by atoms with Crippen LogP contribution in [-0.2, 0) is 12.8 Å². The molecule has 1 aliphatic carbocycles. The summed E-state index contributed by atoms with van der Waals surface area (Å²) in [4.78, 5) is 19.6. The molecule has 3 heteroatoms. The van der Waals surface area contributed by atoms with Crippen LogP contribution in [0, 0.1) is 0 Å². The van der Waals surface area contributed by atoms with Gasteiger partial charge in [0, 0.05) is 11.5 Å². The van der Waals surface area contributed by atoms with Crippen molar-refractivity contribution in [1.82, 2.24) is 9.97 Å². The number of aryl methyl sites for hydroxylation is 1. The fraction of sp³-hybridized carbons (Fsp3) is 0.692. The average Bonchev–Trinajstić information content (AvgIpc) is 2.31. The van der Waals surface area contributed by atoms with Crippen LogP contribution in [0.5, 0.6) is 0 Å². The zero-order valence-electron chi connectivity index (χ0n) is 10.2. The third-order valence-electron chi connectivity index (χ3n) is 3.58. The molecule has 2 rings (SSSR count). The molecule has 0 fully saturated rings. The second-order valence-corrected chi connectivity index (χ2v) is 4.60. The first kappa shape index (κ1) is 11.4. The summed E-state index contributed by atoms with van der Waals surface area (Å²) in [5.74, 6) is 1.30. The number of aromatic nitrogens is 2. The Morgan fingerprint density at radius 3 is 2.62 bits per heavy atom. The molecule has 0 aromatic carbocycles. The van der Waals surface area contributed by atoms with Gasteiger partial charge in [0.25, 0.3) is 5.56 Å². The number of aromatic amines is 1. The Hall–Kier alpha value is -1.12. The molecular formula is C13H20N2O. The van der Waals surface area contributed by atoms with Crippen molar-refractivity contribution in [3.63, 3.8) is 0 Å². The molecule has 0 spiro atoms. The second-order valence-electron chi connectivity index (χ2n) is 4.60. The minimum absolute atomic E-state index is 0.103. The van der Waals surface area contributed by atoms with E-state index in [-0.39, 0.29) is 5.56 Å². The highest BCUT2D eigenvalue weighted by atomic mass is 16.1. The number of nitrogens with one attached hydrogen (secondary N) is 1. The Balaban J connectivity index is 2.42. The monoisotopic (exact) mass is 220 g/mol. The molecule has 1 aromatic heterocycles. The number of hydrogen-bond acceptors (Lipinski definition) is 2. The molecule has 0 bridgehead atoms. The molecule has 3 nitrogen and oxygen atoms in total. The van der Waals surface area contributed by atoms with Gasteiger partial charge in [-0.3, -0.25) is 4.79 Å². The highest BCUT2D eigenvalue weighted by Crippen LogP contribution is 2.21. The lowest BCUT2D eigenvalue weighted by atomic mass is 9.96. The predicted molar refractivity (Wildman–Crippen MR) is 64.8 cm³/mol. The molecule has 0 aliphatic heterocycles. The first-order valence-corrected chi connectivity index (χ1v) is 6.38. The van der Waals surface area contributed by atoms with Gasteiger partial charge in [0.15, 0.2) is 0 Å². The van der Waals surface area contributed by atoms with E-state index in [0.717, 1.165) is 49.2 Å². The van der Waals surface area contributed by atoms with E-state index in [1.807, 2.05) is 0 Å². The lowest BCUT2D eigenvalue weighted by molar-refractivity contribution is 0.577. The molecule has 1 N–H and O–H groups in total. The van der Waals surface area contributed by atoms with Crippen LogP contribution in [0.2, 0.25) is 0 Å². The van der Waals surface area contributed by atoms with Gasteiger partial charge in [-0.2, -0.15) is 0 Å². The van der Waals surface area contributed by atoms with E-state index in [4.69, 9.17) is 0 Å². The van der Waals surface area contributed by atoms with Crippen LogP contribution < -0.4 is 5.56 Å². The van der Waals surface area contributed by atoms with E-state index in [9.17, 15) is 4.79 Å². The molecule has 0 saturated carbocycles. The summed E-state index contributed by atoms with van der Waals surface area (Å²) < 4.78 is 0. The van der Waals surface area contributed by atoms with Crippen LogP contribution in [0.1, 0.15) is 62.5 Å². The number of fused-ring (bicyclic) bond motifs is 1. The van der Waals surface area contributed by atoms with E-state index in [1.54, 1.807) is 0 Å². The Morgan fingerprint density at radius 2 is 1.94 bits per heavy atom. The number of nitrogens with zero attached hydrogens (tertiary/aromatic N) is 1. The summed E-state index contributed by atoms with van der Waals surface area (Å²) in [5, 5.41) is 0. The fourth-order valence-corrected chi connectivity index (χ4v) is 2.49. The molecule has 16 heavy (non-hydrogen) atoms. The topological polar surface area (TPSA) is 45.8 Å². The van der Waals surface area contributed by atoms with E-state index >= 15 is 0 Å². The Bertz CT molecular complexity index is 418. The first-order chi connectivity index (χ1) is 7.76. The van der Waals surface area contributed by atoms with Crippen molar-refractivity contribution in [2.45, 2.75) is 58.3 Å². The minimum atomic E-state index is 0.103. The van der Waals surface area contributed by atoms with Gasteiger partial charge in [-0.15, -0.1) is 0 Å². The number of H-pyrrole nitrogens is 1. The van der Waals surface area contributed by atoms with E-state index in [0.29, 0.717) is 5.92 Å². The normalized spacial score (nSPS) is 15.2. The third-order valence-corrected chi connectivity index (χ3v) is 3.58. The van der Waals surface area contributed by atoms with Crippen LogP contribution >= 0.6 is 0 Å². The Kier molecular flexibility index (Phi) is 3.42. The van der Waals surface area contributed by atoms with E-state index < -0.39 is 0 Å². The maximum absolute atomic E-state index is 11.9. The van der Waals surface area contributed by atoms with Gasteiger partial charge >= 0.3 is 0 Å². The van der Waals surface area contributed by atoms with Crippen LogP contribution in [0.25, 0.3) is 0 Å². The van der Waals surface area contributed by atoms with Crippen molar-refractivity contribution in [1.29, 1.82) is 0 Å².